The quantitative estimate of drug-likeness (QED) is 0.737. The van der Waals surface area contributed by atoms with Crippen LogP contribution in [0.25, 0.3) is 0 Å². The minimum absolute atomic E-state index is 0.0398. The summed E-state index contributed by atoms with van der Waals surface area (Å²) >= 11 is 0. The van der Waals surface area contributed by atoms with Crippen LogP contribution in [0.4, 0.5) is 11.4 Å². The average Bonchev–Trinajstić information content (AvgIpc) is 3.56. The number of anilines is 2. The topological polar surface area (TPSA) is 87.3 Å². The second kappa shape index (κ2) is 7.23. The van der Waals surface area contributed by atoms with Gasteiger partial charge in [0, 0.05) is 34.5 Å². The van der Waals surface area contributed by atoms with Crippen molar-refractivity contribution in [1.29, 1.82) is 0 Å². The Morgan fingerprint density at radius 1 is 0.667 bits per heavy atom. The summed E-state index contributed by atoms with van der Waals surface area (Å²) in [6.07, 6.45) is 3.99. The van der Waals surface area contributed by atoms with Crippen molar-refractivity contribution in [3.8, 4) is 0 Å². The van der Waals surface area contributed by atoms with Crippen molar-refractivity contribution in [3.63, 3.8) is 0 Å². The first kappa shape index (κ1) is 17.3. The molecule has 0 saturated heterocycles. The highest BCUT2D eigenvalue weighted by molar-refractivity contribution is 6.05. The third-order valence-corrected chi connectivity index (χ3v) is 4.68. The molecule has 2 saturated carbocycles. The Morgan fingerprint density at radius 2 is 1.19 bits per heavy atom. The molecule has 3 N–H and O–H groups in total. The Hall–Kier alpha value is -3.15. The molecular weight excluding hydrogens is 342 g/mol. The van der Waals surface area contributed by atoms with Crippen LogP contribution in [-0.4, -0.2) is 23.8 Å². The van der Waals surface area contributed by atoms with Gasteiger partial charge in [-0.25, -0.2) is 0 Å². The van der Waals surface area contributed by atoms with Crippen LogP contribution in [0.1, 0.15) is 46.4 Å². The Labute approximate surface area is 157 Å². The van der Waals surface area contributed by atoms with E-state index in [0.29, 0.717) is 28.5 Å². The molecule has 3 amide bonds. The molecule has 2 aliphatic carbocycles. The number of rotatable bonds is 6. The molecular formula is C21H21N3O3. The number of nitrogens with one attached hydrogen (secondary N) is 3. The molecule has 6 nitrogen and oxygen atoms in total. The van der Waals surface area contributed by atoms with Crippen LogP contribution in [0.3, 0.4) is 0 Å². The van der Waals surface area contributed by atoms with Gasteiger partial charge in [-0.15, -0.1) is 0 Å². The molecule has 2 aromatic rings. The third kappa shape index (κ3) is 4.53. The van der Waals surface area contributed by atoms with Crippen LogP contribution in [0, 0.1) is 5.92 Å². The molecule has 2 fully saturated rings. The van der Waals surface area contributed by atoms with Gasteiger partial charge in [-0.05, 0) is 74.2 Å². The number of carbonyl (C=O) groups is 3. The maximum atomic E-state index is 12.4. The van der Waals surface area contributed by atoms with Gasteiger partial charge in [0.2, 0.25) is 5.91 Å². The standard InChI is InChI=1S/C21H21N3O3/c25-19(13-1-2-13)22-16-7-3-14(4-8-16)20(26)23-17-9-5-15(6-10-17)21(27)24-18-11-12-18/h3-10,13,18H,1-2,11-12H2,(H,22,25)(H,23,26)(H,24,27). The first-order chi connectivity index (χ1) is 13.1. The molecule has 0 atom stereocenters. The van der Waals surface area contributed by atoms with Gasteiger partial charge >= 0.3 is 0 Å². The number of benzene rings is 2. The highest BCUT2D eigenvalue weighted by Gasteiger charge is 2.29. The largest absolute Gasteiger partial charge is 0.349 e. The predicted octanol–water partition coefficient (Wildman–Crippen LogP) is 3.18. The molecule has 0 radical (unpaired) electrons. The zero-order valence-electron chi connectivity index (χ0n) is 14.8. The summed E-state index contributed by atoms with van der Waals surface area (Å²) in [6.45, 7) is 0. The molecule has 27 heavy (non-hydrogen) atoms. The zero-order valence-corrected chi connectivity index (χ0v) is 14.8. The van der Waals surface area contributed by atoms with Gasteiger partial charge in [-0.2, -0.15) is 0 Å². The number of carbonyl (C=O) groups excluding carboxylic acids is 3. The van der Waals surface area contributed by atoms with Gasteiger partial charge in [0.15, 0.2) is 0 Å². The lowest BCUT2D eigenvalue weighted by Gasteiger charge is -2.08. The van der Waals surface area contributed by atoms with E-state index in [-0.39, 0.29) is 23.6 Å². The van der Waals surface area contributed by atoms with E-state index in [2.05, 4.69) is 16.0 Å². The zero-order chi connectivity index (χ0) is 18.8. The Balaban J connectivity index is 1.33. The van der Waals surface area contributed by atoms with Crippen LogP contribution in [0.5, 0.6) is 0 Å². The van der Waals surface area contributed by atoms with Crippen molar-refractivity contribution in [2.24, 2.45) is 5.92 Å². The van der Waals surface area contributed by atoms with Crippen molar-refractivity contribution < 1.29 is 14.4 Å². The normalized spacial score (nSPS) is 15.7. The van der Waals surface area contributed by atoms with Gasteiger partial charge in [-0.3, -0.25) is 14.4 Å². The smallest absolute Gasteiger partial charge is 0.255 e. The summed E-state index contributed by atoms with van der Waals surface area (Å²) in [4.78, 5) is 36.1. The van der Waals surface area contributed by atoms with E-state index in [4.69, 9.17) is 0 Å². The number of hydrogen-bond acceptors (Lipinski definition) is 3. The molecule has 0 aromatic heterocycles. The molecule has 138 valence electrons. The Kier molecular flexibility index (Phi) is 4.62. The van der Waals surface area contributed by atoms with E-state index in [1.165, 1.54) is 0 Å². The average molecular weight is 363 g/mol. The van der Waals surface area contributed by atoms with Crippen LogP contribution < -0.4 is 16.0 Å². The maximum Gasteiger partial charge on any atom is 0.255 e. The fourth-order valence-electron chi connectivity index (χ4n) is 2.70. The van der Waals surface area contributed by atoms with E-state index in [9.17, 15) is 14.4 Å². The second-order valence-corrected chi connectivity index (χ2v) is 7.12. The fraction of sp³-hybridized carbons (Fsp3) is 0.286. The lowest BCUT2D eigenvalue weighted by molar-refractivity contribution is -0.117. The summed E-state index contributed by atoms with van der Waals surface area (Å²) in [5, 5.41) is 8.58. The molecule has 2 aliphatic rings. The fourth-order valence-corrected chi connectivity index (χ4v) is 2.70. The summed E-state index contributed by atoms with van der Waals surface area (Å²) in [5.74, 6) is -0.148. The van der Waals surface area contributed by atoms with Crippen LogP contribution in [-0.2, 0) is 4.79 Å². The Bertz CT molecular complexity index is 867. The van der Waals surface area contributed by atoms with E-state index in [0.717, 1.165) is 25.7 Å². The van der Waals surface area contributed by atoms with Gasteiger partial charge < -0.3 is 16.0 Å². The van der Waals surface area contributed by atoms with E-state index >= 15 is 0 Å². The monoisotopic (exact) mass is 363 g/mol. The van der Waals surface area contributed by atoms with Crippen molar-refractivity contribution in [2.75, 3.05) is 10.6 Å². The summed E-state index contributed by atoms with van der Waals surface area (Å²) in [5.41, 5.74) is 2.38. The van der Waals surface area contributed by atoms with Gasteiger partial charge in [0.1, 0.15) is 0 Å². The van der Waals surface area contributed by atoms with Crippen LogP contribution >= 0.6 is 0 Å². The molecule has 0 bridgehead atoms. The van der Waals surface area contributed by atoms with E-state index < -0.39 is 0 Å². The van der Waals surface area contributed by atoms with Crippen LogP contribution in [0.15, 0.2) is 48.5 Å². The lowest BCUT2D eigenvalue weighted by Crippen LogP contribution is -2.25. The first-order valence-electron chi connectivity index (χ1n) is 9.22. The molecule has 6 heteroatoms. The minimum Gasteiger partial charge on any atom is -0.349 e. The molecule has 0 unspecified atom stereocenters. The summed E-state index contributed by atoms with van der Waals surface area (Å²) in [7, 11) is 0. The van der Waals surface area contributed by atoms with Crippen molar-refractivity contribution in [2.45, 2.75) is 31.7 Å². The van der Waals surface area contributed by atoms with Gasteiger partial charge in [-0.1, -0.05) is 0 Å². The first-order valence-corrected chi connectivity index (χ1v) is 9.22. The minimum atomic E-state index is -0.245. The highest BCUT2D eigenvalue weighted by Crippen LogP contribution is 2.30. The van der Waals surface area contributed by atoms with Crippen molar-refractivity contribution in [3.05, 3.63) is 59.7 Å². The van der Waals surface area contributed by atoms with E-state index in [1.807, 2.05) is 0 Å². The number of amides is 3. The van der Waals surface area contributed by atoms with Gasteiger partial charge in [0.05, 0.1) is 0 Å². The summed E-state index contributed by atoms with van der Waals surface area (Å²) < 4.78 is 0. The highest BCUT2D eigenvalue weighted by atomic mass is 16.2. The SMILES string of the molecule is O=C(Nc1ccc(C(=O)NC2CC2)cc1)c1ccc(NC(=O)C2CC2)cc1. The molecule has 4 rings (SSSR count). The predicted molar refractivity (Wildman–Crippen MR) is 103 cm³/mol. The molecule has 0 spiro atoms. The van der Waals surface area contributed by atoms with E-state index in [1.54, 1.807) is 48.5 Å². The Morgan fingerprint density at radius 3 is 1.70 bits per heavy atom. The van der Waals surface area contributed by atoms with Gasteiger partial charge in [0.25, 0.3) is 11.8 Å². The molecule has 0 heterocycles. The van der Waals surface area contributed by atoms with Crippen molar-refractivity contribution in [1.82, 2.24) is 5.32 Å². The molecule has 0 aliphatic heterocycles. The third-order valence-electron chi connectivity index (χ3n) is 4.68. The summed E-state index contributed by atoms with van der Waals surface area (Å²) in [6, 6.07) is 13.9. The van der Waals surface area contributed by atoms with Crippen LogP contribution in [0.2, 0.25) is 0 Å². The maximum absolute atomic E-state index is 12.4. The molecule has 2 aromatic carbocycles. The second-order valence-electron chi connectivity index (χ2n) is 7.12. The van der Waals surface area contributed by atoms with Crippen molar-refractivity contribution >= 4 is 29.1 Å². The number of hydrogen-bond donors (Lipinski definition) is 3. The lowest BCUT2D eigenvalue weighted by atomic mass is 10.1.